The maximum Gasteiger partial charge on any atom is 1.00 e. The number of carboxylic acid groups (broad SMARTS) is 1. The number of ether oxygens (including phenoxy) is 1. The molecule has 0 saturated carbocycles. The van der Waals surface area contributed by atoms with Crippen molar-refractivity contribution in [1.29, 1.82) is 0 Å². The van der Waals surface area contributed by atoms with E-state index in [9.17, 15) is 29.1 Å². The molecule has 0 spiro atoms. The topological polar surface area (TPSA) is 219 Å². The molecule has 1 fully saturated rings. The Morgan fingerprint density at radius 2 is 2.09 bits per heavy atom. The summed E-state index contributed by atoms with van der Waals surface area (Å²) in [6, 6.07) is -1.09. The van der Waals surface area contributed by atoms with E-state index in [1.807, 2.05) is 0 Å². The zero-order valence-electron chi connectivity index (χ0n) is 17.9. The van der Waals surface area contributed by atoms with Gasteiger partial charge in [-0.3, -0.25) is 24.1 Å². The number of aromatic nitrogens is 1. The first-order chi connectivity index (χ1) is 15.6. The smallest absolute Gasteiger partial charge is 0.543 e. The van der Waals surface area contributed by atoms with Gasteiger partial charge in [-0.25, -0.2) is 4.98 Å². The van der Waals surface area contributed by atoms with Crippen molar-refractivity contribution in [2.45, 2.75) is 18.3 Å². The zero-order valence-corrected chi connectivity index (χ0v) is 21.6. The number of anilines is 1. The summed E-state index contributed by atoms with van der Waals surface area (Å²) in [5.41, 5.74) is 10.0. The summed E-state index contributed by atoms with van der Waals surface area (Å²) >= 11 is 2.19. The van der Waals surface area contributed by atoms with E-state index in [0.29, 0.717) is 0 Å². The molecule has 1 aromatic rings. The number of esters is 1. The number of hydrogen-bond donors (Lipinski definition) is 3. The number of aliphatic carboxylic acids is 1. The van der Waals surface area contributed by atoms with Gasteiger partial charge in [-0.2, -0.15) is 0 Å². The van der Waals surface area contributed by atoms with Gasteiger partial charge in [-0.1, -0.05) is 5.16 Å². The summed E-state index contributed by atoms with van der Waals surface area (Å²) in [6.07, 6.45) is 0. The normalized spacial score (nSPS) is 19.4. The van der Waals surface area contributed by atoms with Crippen molar-refractivity contribution in [3.63, 3.8) is 0 Å². The molecule has 1 saturated heterocycles. The van der Waals surface area contributed by atoms with Crippen LogP contribution >= 0.6 is 23.1 Å². The van der Waals surface area contributed by atoms with Crippen molar-refractivity contribution >= 4 is 63.6 Å². The maximum absolute atomic E-state index is 12.8. The van der Waals surface area contributed by atoms with Gasteiger partial charge in [-0.05, 0) is 0 Å². The first-order valence-corrected chi connectivity index (χ1v) is 11.0. The number of carbonyl (C=O) groups excluding carboxylic acids is 5. The Morgan fingerprint density at radius 3 is 2.65 bits per heavy atom. The molecule has 34 heavy (non-hydrogen) atoms. The number of amides is 3. The number of primary amides is 1. The molecular weight excluding hydrogens is 503 g/mol. The van der Waals surface area contributed by atoms with Crippen molar-refractivity contribution in [1.82, 2.24) is 15.2 Å². The molecule has 0 aliphatic carbocycles. The number of carbonyl (C=O) groups is 5. The third-order valence-corrected chi connectivity index (χ3v) is 6.33. The van der Waals surface area contributed by atoms with Crippen LogP contribution in [0.15, 0.2) is 21.8 Å². The van der Waals surface area contributed by atoms with E-state index in [0.717, 1.165) is 16.2 Å². The molecule has 3 rings (SSSR count). The van der Waals surface area contributed by atoms with Crippen molar-refractivity contribution < 1.29 is 68.2 Å². The molecule has 5 N–H and O–H groups in total. The molecular formula is C17H17N6NaO8S2. The molecule has 14 nitrogen and oxygen atoms in total. The summed E-state index contributed by atoms with van der Waals surface area (Å²) < 4.78 is 4.85. The average molecular weight is 520 g/mol. The van der Waals surface area contributed by atoms with Crippen molar-refractivity contribution in [2.75, 3.05) is 24.7 Å². The second kappa shape index (κ2) is 11.7. The number of β-lactam (4-membered cyclic amide) rings is 1. The van der Waals surface area contributed by atoms with Crippen LogP contribution in [0.2, 0.25) is 0 Å². The summed E-state index contributed by atoms with van der Waals surface area (Å²) in [4.78, 5) is 68.8. The van der Waals surface area contributed by atoms with E-state index in [-0.39, 0.29) is 64.0 Å². The fourth-order valence-electron chi connectivity index (χ4n) is 2.94. The van der Waals surface area contributed by atoms with Gasteiger partial charge in [0.1, 0.15) is 23.7 Å². The Morgan fingerprint density at radius 1 is 1.38 bits per heavy atom. The number of carboxylic acids is 1. The minimum absolute atomic E-state index is 0. The van der Waals surface area contributed by atoms with Gasteiger partial charge in [0.2, 0.25) is 0 Å². The molecule has 3 amide bonds. The molecule has 1 aromatic heterocycles. The third kappa shape index (κ3) is 6.06. The van der Waals surface area contributed by atoms with Gasteiger partial charge in [0.25, 0.3) is 17.7 Å². The Labute approximate surface area is 222 Å². The number of thiazole rings is 1. The predicted molar refractivity (Wildman–Crippen MR) is 112 cm³/mol. The number of nitrogen functional groups attached to an aromatic ring is 1. The Balaban J connectivity index is 0.00000408. The third-order valence-electron chi connectivity index (χ3n) is 4.32. The minimum atomic E-state index is -1.61. The van der Waals surface area contributed by atoms with Crippen LogP contribution in [0.5, 0.6) is 0 Å². The number of nitrogens with two attached hydrogens (primary N) is 2. The number of fused-ring (bicyclic) bond motifs is 1. The number of oxime groups is 1. The molecule has 0 radical (unpaired) electrons. The van der Waals surface area contributed by atoms with Crippen LogP contribution in [0.4, 0.5) is 5.13 Å². The van der Waals surface area contributed by atoms with Crippen LogP contribution < -0.4 is 51.4 Å². The first-order valence-electron chi connectivity index (χ1n) is 9.12. The number of rotatable bonds is 9. The first kappa shape index (κ1) is 27.6. The molecule has 0 aromatic carbocycles. The van der Waals surface area contributed by atoms with Gasteiger partial charge >= 0.3 is 35.5 Å². The second-order valence-corrected chi connectivity index (χ2v) is 8.63. The molecule has 3 heterocycles. The standard InChI is InChI=1S/C17H18N6O8S2.Na/c1-6(24)30-2-7-4-32-15-11(14(27)23(15)12(7)16(28)29)21-13(26)10(22-31-3-9(18)25)8-5-33-17(19)20-8;/h5,11,15H,2-4H2,1H3,(H2,18,25)(H2,19,20)(H,21,26)(H,28,29);/q;+1/p-1/b22-10-;/t11-,15-;/m1./s1. The largest absolute Gasteiger partial charge is 1.00 e. The minimum Gasteiger partial charge on any atom is -0.543 e. The molecule has 2 atom stereocenters. The van der Waals surface area contributed by atoms with E-state index in [4.69, 9.17) is 21.0 Å². The van der Waals surface area contributed by atoms with Crippen LogP contribution in [-0.2, 0) is 33.5 Å². The fraction of sp³-hybridized carbons (Fsp3) is 0.353. The monoisotopic (exact) mass is 520 g/mol. The van der Waals surface area contributed by atoms with Gasteiger partial charge in [0, 0.05) is 23.6 Å². The SMILES string of the molecule is CC(=O)OCC1=C(C(=O)[O-])N2C(=O)[C@@H](NC(=O)/C(=N\OCC(N)=O)c3csc(N)n3)[C@H]2SC1.[Na+]. The Hall–Kier alpha value is -2.66. The van der Waals surface area contributed by atoms with E-state index in [2.05, 4.69) is 15.5 Å². The van der Waals surface area contributed by atoms with E-state index < -0.39 is 53.4 Å². The molecule has 0 bridgehead atoms. The summed E-state index contributed by atoms with van der Waals surface area (Å²) in [5, 5.41) is 18.5. The predicted octanol–water partition coefficient (Wildman–Crippen LogP) is -6.10. The van der Waals surface area contributed by atoms with Gasteiger partial charge in [0.05, 0.1) is 11.7 Å². The number of nitrogens with zero attached hydrogens (tertiary/aromatic N) is 3. The molecule has 2 aliphatic heterocycles. The number of nitrogens with one attached hydrogen (secondary N) is 1. The zero-order chi connectivity index (χ0) is 24.3. The van der Waals surface area contributed by atoms with E-state index in [1.54, 1.807) is 0 Å². The van der Waals surface area contributed by atoms with Gasteiger partial charge in [-0.15, -0.1) is 23.1 Å². The Kier molecular flexibility index (Phi) is 9.45. The number of thioether (sulfide) groups is 1. The maximum atomic E-state index is 12.8. The molecule has 2 aliphatic rings. The average Bonchev–Trinajstić information content (AvgIpc) is 3.17. The Bertz CT molecular complexity index is 1090. The summed E-state index contributed by atoms with van der Waals surface area (Å²) in [7, 11) is 0. The molecule has 176 valence electrons. The fourth-order valence-corrected chi connectivity index (χ4v) is 4.82. The van der Waals surface area contributed by atoms with Crippen LogP contribution in [-0.4, -0.2) is 75.6 Å². The van der Waals surface area contributed by atoms with Crippen molar-refractivity contribution in [3.8, 4) is 0 Å². The van der Waals surface area contributed by atoms with Crippen molar-refractivity contribution in [2.24, 2.45) is 10.9 Å². The van der Waals surface area contributed by atoms with Gasteiger partial charge < -0.3 is 36.3 Å². The summed E-state index contributed by atoms with van der Waals surface area (Å²) in [5.74, 6) is -4.50. The quantitative estimate of drug-likeness (QED) is 0.0914. The van der Waals surface area contributed by atoms with Crippen LogP contribution in [0.3, 0.4) is 0 Å². The van der Waals surface area contributed by atoms with Crippen molar-refractivity contribution in [3.05, 3.63) is 22.3 Å². The van der Waals surface area contributed by atoms with E-state index >= 15 is 0 Å². The molecule has 17 heteroatoms. The van der Waals surface area contributed by atoms with Crippen LogP contribution in [0.1, 0.15) is 12.6 Å². The van der Waals surface area contributed by atoms with Crippen LogP contribution in [0, 0.1) is 0 Å². The second-order valence-electron chi connectivity index (χ2n) is 6.63. The van der Waals surface area contributed by atoms with Gasteiger partial charge in [0.15, 0.2) is 17.5 Å². The van der Waals surface area contributed by atoms with Crippen LogP contribution in [0.25, 0.3) is 0 Å². The summed E-state index contributed by atoms with van der Waals surface area (Å²) in [6.45, 7) is 0.259. The van der Waals surface area contributed by atoms with E-state index in [1.165, 1.54) is 24.1 Å². The molecule has 0 unspecified atom stereocenters. The number of hydrogen-bond acceptors (Lipinski definition) is 13.